The van der Waals surface area contributed by atoms with E-state index in [-0.39, 0.29) is 23.6 Å². The zero-order valence-electron chi connectivity index (χ0n) is 13.5. The Kier molecular flexibility index (Phi) is 6.02. The summed E-state index contributed by atoms with van der Waals surface area (Å²) in [4.78, 5) is 24.0. The molecule has 2 rings (SSSR count). The second-order valence-electron chi connectivity index (χ2n) is 5.70. The highest BCUT2D eigenvalue weighted by atomic mass is 32.1. The molecule has 1 saturated heterocycles. The summed E-state index contributed by atoms with van der Waals surface area (Å²) in [6.45, 7) is 0.550. The Morgan fingerprint density at radius 3 is 2.75 bits per heavy atom. The molecule has 0 saturated carbocycles. The van der Waals surface area contributed by atoms with Gasteiger partial charge in [-0.2, -0.15) is 17.7 Å². The molecule has 1 aliphatic rings. The molecular weight excluding hydrogens is 332 g/mol. The highest BCUT2D eigenvalue weighted by molar-refractivity contribution is 7.81. The summed E-state index contributed by atoms with van der Waals surface area (Å²) < 4.78 is 5.31. The van der Waals surface area contributed by atoms with Gasteiger partial charge in [-0.25, -0.2) is 4.79 Å². The van der Waals surface area contributed by atoms with Gasteiger partial charge in [0, 0.05) is 44.2 Å². The lowest BCUT2D eigenvalue weighted by atomic mass is 10.2. The van der Waals surface area contributed by atoms with E-state index in [9.17, 15) is 14.9 Å². The summed E-state index contributed by atoms with van der Waals surface area (Å²) in [6.07, 6.45) is 1.98. The average molecular weight is 352 g/mol. The minimum absolute atomic E-state index is 0.00231. The van der Waals surface area contributed by atoms with Gasteiger partial charge in [0.05, 0.1) is 11.0 Å². The Bertz CT molecular complexity index is 620. The predicted molar refractivity (Wildman–Crippen MR) is 93.3 cm³/mol. The van der Waals surface area contributed by atoms with Crippen molar-refractivity contribution in [1.82, 2.24) is 9.91 Å². The summed E-state index contributed by atoms with van der Waals surface area (Å²) in [5.41, 5.74) is 0.691. The molecule has 8 nitrogen and oxygen atoms in total. The van der Waals surface area contributed by atoms with Gasteiger partial charge in [0.25, 0.3) is 5.69 Å². The maximum Gasteiger partial charge on any atom is 0.410 e. The number of rotatable bonds is 5. The number of nitro groups is 1. The molecule has 1 heterocycles. The maximum atomic E-state index is 12.3. The molecule has 0 aromatic heterocycles. The third kappa shape index (κ3) is 4.85. The number of hydrogen-bond donors (Lipinski definition) is 1. The van der Waals surface area contributed by atoms with Crippen LogP contribution in [0.4, 0.5) is 10.5 Å². The number of amides is 1. The number of carbonyl (C=O) groups excluding carboxylic acids is 1. The van der Waals surface area contributed by atoms with Gasteiger partial charge in [-0.05, 0) is 24.1 Å². The molecule has 0 aliphatic carbocycles. The van der Waals surface area contributed by atoms with Crippen molar-refractivity contribution in [2.45, 2.75) is 24.3 Å². The zero-order chi connectivity index (χ0) is 17.7. The Balaban J connectivity index is 1.94. The first-order chi connectivity index (χ1) is 11.4. The van der Waals surface area contributed by atoms with E-state index < -0.39 is 11.0 Å². The molecule has 0 bridgehead atoms. The Morgan fingerprint density at radius 1 is 1.50 bits per heavy atom. The second kappa shape index (κ2) is 8.00. The van der Waals surface area contributed by atoms with Crippen LogP contribution in [0.25, 0.3) is 0 Å². The van der Waals surface area contributed by atoms with Crippen molar-refractivity contribution in [2.75, 3.05) is 20.6 Å². The lowest BCUT2D eigenvalue weighted by Crippen LogP contribution is -2.37. The van der Waals surface area contributed by atoms with Gasteiger partial charge >= 0.3 is 6.09 Å². The lowest BCUT2D eigenvalue weighted by Gasteiger charge is -2.21. The van der Waals surface area contributed by atoms with Crippen molar-refractivity contribution in [1.29, 1.82) is 0 Å². The number of hydrogen-bond acceptors (Lipinski definition) is 7. The first kappa shape index (κ1) is 18.1. The number of likely N-dealkylation sites (tertiary alicyclic amines) is 1. The summed E-state index contributed by atoms with van der Waals surface area (Å²) in [5.74, 6) is 0. The predicted octanol–water partition coefficient (Wildman–Crippen LogP) is 2.15. The van der Waals surface area contributed by atoms with E-state index in [2.05, 4.69) is 17.7 Å². The van der Waals surface area contributed by atoms with E-state index in [0.29, 0.717) is 18.5 Å². The van der Waals surface area contributed by atoms with Crippen LogP contribution in [0.5, 0.6) is 0 Å². The molecular formula is C15H20N4O4S. The molecule has 24 heavy (non-hydrogen) atoms. The highest BCUT2D eigenvalue weighted by Crippen LogP contribution is 2.22. The van der Waals surface area contributed by atoms with Crippen LogP contribution in [0.2, 0.25) is 0 Å². The first-order valence-corrected chi connectivity index (χ1v) is 7.94. The monoisotopic (exact) mass is 352 g/mol. The van der Waals surface area contributed by atoms with Crippen molar-refractivity contribution in [3.63, 3.8) is 0 Å². The normalized spacial score (nSPS) is 20.4. The summed E-state index contributed by atoms with van der Waals surface area (Å²) in [6, 6.07) is 5.76. The smallest absolute Gasteiger partial charge is 0.410 e. The van der Waals surface area contributed by atoms with Crippen LogP contribution in [0.1, 0.15) is 12.0 Å². The Labute approximate surface area is 145 Å². The molecule has 1 amide bonds. The molecule has 0 spiro atoms. The largest absolute Gasteiger partial charge is 0.445 e. The van der Waals surface area contributed by atoms with Crippen molar-refractivity contribution in [3.05, 3.63) is 39.9 Å². The lowest BCUT2D eigenvalue weighted by molar-refractivity contribution is -0.384. The quantitative estimate of drug-likeness (QED) is 0.380. The van der Waals surface area contributed by atoms with E-state index in [1.165, 1.54) is 12.1 Å². The van der Waals surface area contributed by atoms with Crippen LogP contribution in [-0.2, 0) is 11.3 Å². The second-order valence-corrected chi connectivity index (χ2v) is 6.43. The third-order valence-corrected chi connectivity index (χ3v) is 3.91. The number of non-ortho nitro benzene ring substituents is 1. The van der Waals surface area contributed by atoms with Crippen LogP contribution in [-0.4, -0.2) is 59.1 Å². The first-order valence-electron chi connectivity index (χ1n) is 7.43. The van der Waals surface area contributed by atoms with Crippen molar-refractivity contribution in [2.24, 2.45) is 5.10 Å². The number of carbonyl (C=O) groups is 1. The third-order valence-electron chi connectivity index (χ3n) is 3.54. The Morgan fingerprint density at radius 2 is 2.17 bits per heavy atom. The number of nitro benzene ring substituents is 1. The molecule has 1 aromatic rings. The van der Waals surface area contributed by atoms with Gasteiger partial charge in [-0.3, -0.25) is 15.0 Å². The molecule has 1 aromatic carbocycles. The van der Waals surface area contributed by atoms with E-state index >= 15 is 0 Å². The van der Waals surface area contributed by atoms with Crippen LogP contribution in [0, 0.1) is 10.1 Å². The van der Waals surface area contributed by atoms with Crippen molar-refractivity contribution < 1.29 is 14.5 Å². The molecule has 9 heteroatoms. The van der Waals surface area contributed by atoms with E-state index in [1.807, 2.05) is 0 Å². The fourth-order valence-electron chi connectivity index (χ4n) is 2.35. The molecule has 1 aliphatic heterocycles. The van der Waals surface area contributed by atoms with Gasteiger partial charge in [0.1, 0.15) is 6.61 Å². The SMILES string of the molecule is CN(C)/N=C/[C@@H]1C[C@H](S)CN1C(=O)OCc1ccc([N+](=O)[O-])cc1. The Hall–Kier alpha value is -2.29. The molecule has 0 radical (unpaired) electrons. The topological polar surface area (TPSA) is 88.3 Å². The van der Waals surface area contributed by atoms with Gasteiger partial charge in [-0.1, -0.05) is 0 Å². The summed E-state index contributed by atoms with van der Waals surface area (Å²) in [5, 5.41) is 16.5. The number of ether oxygens (including phenoxy) is 1. The van der Waals surface area contributed by atoms with E-state index in [0.717, 1.165) is 0 Å². The average Bonchev–Trinajstić information content (AvgIpc) is 2.92. The van der Waals surface area contributed by atoms with Crippen LogP contribution in [0.3, 0.4) is 0 Å². The fraction of sp³-hybridized carbons (Fsp3) is 0.467. The van der Waals surface area contributed by atoms with Crippen LogP contribution >= 0.6 is 12.6 Å². The van der Waals surface area contributed by atoms with Gasteiger partial charge in [0.15, 0.2) is 0 Å². The van der Waals surface area contributed by atoms with Gasteiger partial charge < -0.3 is 9.75 Å². The summed E-state index contributed by atoms with van der Waals surface area (Å²) in [7, 11) is 3.61. The van der Waals surface area contributed by atoms with Crippen molar-refractivity contribution in [3.8, 4) is 0 Å². The molecule has 130 valence electrons. The number of benzene rings is 1. The number of hydrazone groups is 1. The molecule has 0 unspecified atom stereocenters. The highest BCUT2D eigenvalue weighted by Gasteiger charge is 2.33. The minimum atomic E-state index is -0.471. The molecule has 2 atom stereocenters. The minimum Gasteiger partial charge on any atom is -0.445 e. The van der Waals surface area contributed by atoms with E-state index in [1.54, 1.807) is 42.4 Å². The number of nitrogens with zero attached hydrogens (tertiary/aromatic N) is 4. The van der Waals surface area contributed by atoms with Crippen LogP contribution < -0.4 is 0 Å². The standard InChI is InChI=1S/C15H20N4O4S/c1-17(2)16-8-13-7-14(24)9-18(13)15(20)23-10-11-3-5-12(6-4-11)19(21)22/h3-6,8,13-14,24H,7,9-10H2,1-2H3/b16-8+/t13-,14-/m0/s1. The van der Waals surface area contributed by atoms with Crippen molar-refractivity contribution >= 4 is 30.6 Å². The molecule has 0 N–H and O–H groups in total. The van der Waals surface area contributed by atoms with Crippen LogP contribution in [0.15, 0.2) is 29.4 Å². The van der Waals surface area contributed by atoms with Gasteiger partial charge in [0.2, 0.25) is 0 Å². The van der Waals surface area contributed by atoms with Gasteiger partial charge in [-0.15, -0.1) is 0 Å². The molecule has 1 fully saturated rings. The zero-order valence-corrected chi connectivity index (χ0v) is 14.4. The maximum absolute atomic E-state index is 12.3. The van der Waals surface area contributed by atoms with E-state index in [4.69, 9.17) is 4.74 Å². The fourth-order valence-corrected chi connectivity index (χ4v) is 2.74. The number of thiol groups is 1. The summed E-state index contributed by atoms with van der Waals surface area (Å²) >= 11 is 4.43.